The first-order valence-corrected chi connectivity index (χ1v) is 6.62. The molecule has 0 spiro atoms. The Morgan fingerprint density at radius 2 is 2.00 bits per heavy atom. The average Bonchev–Trinajstić information content (AvgIpc) is 3.05. The number of thiazole rings is 1. The summed E-state index contributed by atoms with van der Waals surface area (Å²) in [6.07, 6.45) is 5.35. The zero-order valence-corrected chi connectivity index (χ0v) is 10.6. The van der Waals surface area contributed by atoms with Gasteiger partial charge in [-0.3, -0.25) is 0 Å². The van der Waals surface area contributed by atoms with Crippen molar-refractivity contribution in [2.24, 2.45) is 0 Å². The van der Waals surface area contributed by atoms with Crippen molar-refractivity contribution in [2.45, 2.75) is 0 Å². The van der Waals surface area contributed by atoms with Gasteiger partial charge in [-0.15, -0.1) is 11.3 Å². The minimum Gasteiger partial charge on any atom is -0.384 e. The van der Waals surface area contributed by atoms with Crippen molar-refractivity contribution in [2.75, 3.05) is 5.73 Å². The predicted molar refractivity (Wildman–Crippen MR) is 76.9 cm³/mol. The van der Waals surface area contributed by atoms with E-state index in [1.807, 2.05) is 17.6 Å². The molecule has 4 aromatic heterocycles. The lowest BCUT2D eigenvalue weighted by atomic mass is 10.2. The first-order valence-electron chi connectivity index (χ1n) is 5.74. The van der Waals surface area contributed by atoms with Crippen LogP contribution in [-0.4, -0.2) is 19.9 Å². The minimum atomic E-state index is 0.507. The summed E-state index contributed by atoms with van der Waals surface area (Å²) in [6.45, 7) is 0. The third-order valence-electron chi connectivity index (χ3n) is 3.04. The molecule has 4 aromatic rings. The average molecular weight is 267 g/mol. The van der Waals surface area contributed by atoms with Gasteiger partial charge in [0.25, 0.3) is 0 Å². The maximum absolute atomic E-state index is 5.75. The molecule has 0 radical (unpaired) electrons. The third-order valence-corrected chi connectivity index (χ3v) is 3.86. The van der Waals surface area contributed by atoms with Gasteiger partial charge in [-0.1, -0.05) is 0 Å². The van der Waals surface area contributed by atoms with Crippen LogP contribution in [0.2, 0.25) is 0 Å². The predicted octanol–water partition coefficient (Wildman–Crippen LogP) is 2.82. The smallest absolute Gasteiger partial charge is 0.138 e. The Kier molecular flexibility index (Phi) is 2.07. The summed E-state index contributed by atoms with van der Waals surface area (Å²) in [5.41, 5.74) is 8.54. The highest BCUT2D eigenvalue weighted by molar-refractivity contribution is 7.13. The number of fused-ring (bicyclic) bond motifs is 3. The van der Waals surface area contributed by atoms with Crippen molar-refractivity contribution in [1.29, 1.82) is 0 Å². The summed E-state index contributed by atoms with van der Waals surface area (Å²) >= 11 is 1.60. The third kappa shape index (κ3) is 1.57. The summed E-state index contributed by atoms with van der Waals surface area (Å²) in [6, 6.07) is 3.95. The Labute approximate surface area is 112 Å². The highest BCUT2D eigenvalue weighted by Gasteiger charge is 2.09. The molecule has 5 nitrogen and oxygen atoms in total. The summed E-state index contributed by atoms with van der Waals surface area (Å²) in [5, 5.41) is 4.99. The standard InChI is InChI=1S/C13H9N5S/c14-11-4-8-9-3-7(13-15-1-2-19-13)5-17-12(9)18-10(8)6-16-11/h1-6H,(H2,14,16)(H,17,18). The van der Waals surface area contributed by atoms with Crippen LogP contribution >= 0.6 is 11.3 Å². The van der Waals surface area contributed by atoms with Gasteiger partial charge in [-0.2, -0.15) is 0 Å². The molecule has 0 aliphatic heterocycles. The first-order chi connectivity index (χ1) is 9.31. The molecule has 4 rings (SSSR count). The van der Waals surface area contributed by atoms with E-state index in [1.54, 1.807) is 23.7 Å². The molecule has 0 saturated heterocycles. The molecular formula is C13H9N5S. The molecule has 0 aliphatic carbocycles. The molecular weight excluding hydrogens is 258 g/mol. The lowest BCUT2D eigenvalue weighted by Gasteiger charge is -1.96. The summed E-state index contributed by atoms with van der Waals surface area (Å²) in [5.74, 6) is 0.507. The van der Waals surface area contributed by atoms with Crippen LogP contribution in [0.5, 0.6) is 0 Å². The number of hydrogen-bond acceptors (Lipinski definition) is 5. The molecule has 19 heavy (non-hydrogen) atoms. The molecule has 0 atom stereocenters. The van der Waals surface area contributed by atoms with Crippen molar-refractivity contribution >= 4 is 39.1 Å². The molecule has 0 bridgehead atoms. The molecule has 0 fully saturated rings. The van der Waals surface area contributed by atoms with Crippen LogP contribution in [0.3, 0.4) is 0 Å². The number of aromatic nitrogens is 4. The fraction of sp³-hybridized carbons (Fsp3) is 0. The highest BCUT2D eigenvalue weighted by Crippen LogP contribution is 2.29. The van der Waals surface area contributed by atoms with E-state index in [1.165, 1.54) is 0 Å². The summed E-state index contributed by atoms with van der Waals surface area (Å²) in [4.78, 5) is 16.1. The van der Waals surface area contributed by atoms with Crippen LogP contribution in [0, 0.1) is 0 Å². The lowest BCUT2D eigenvalue weighted by molar-refractivity contribution is 1.31. The van der Waals surface area contributed by atoms with E-state index in [0.29, 0.717) is 5.82 Å². The van der Waals surface area contributed by atoms with E-state index in [2.05, 4.69) is 26.0 Å². The normalized spacial score (nSPS) is 11.4. The summed E-state index contributed by atoms with van der Waals surface area (Å²) < 4.78 is 0. The van der Waals surface area contributed by atoms with Crippen molar-refractivity contribution in [3.8, 4) is 10.6 Å². The number of nitrogen functional groups attached to an aromatic ring is 1. The highest BCUT2D eigenvalue weighted by atomic mass is 32.1. The number of nitrogens with two attached hydrogens (primary N) is 1. The maximum Gasteiger partial charge on any atom is 0.138 e. The van der Waals surface area contributed by atoms with Gasteiger partial charge in [0.05, 0.1) is 11.7 Å². The van der Waals surface area contributed by atoms with Crippen molar-refractivity contribution < 1.29 is 0 Å². The molecule has 4 heterocycles. The maximum atomic E-state index is 5.75. The second kappa shape index (κ2) is 3.76. The zero-order valence-electron chi connectivity index (χ0n) is 9.79. The van der Waals surface area contributed by atoms with Crippen LogP contribution in [0.4, 0.5) is 5.82 Å². The van der Waals surface area contributed by atoms with Gasteiger partial charge in [0.2, 0.25) is 0 Å². The van der Waals surface area contributed by atoms with Crippen molar-refractivity contribution in [3.05, 3.63) is 36.1 Å². The van der Waals surface area contributed by atoms with Gasteiger partial charge in [0.1, 0.15) is 16.5 Å². The summed E-state index contributed by atoms with van der Waals surface area (Å²) in [7, 11) is 0. The lowest BCUT2D eigenvalue weighted by Crippen LogP contribution is -1.87. The van der Waals surface area contributed by atoms with Crippen molar-refractivity contribution in [3.63, 3.8) is 0 Å². The monoisotopic (exact) mass is 267 g/mol. The quantitative estimate of drug-likeness (QED) is 0.555. The van der Waals surface area contributed by atoms with Gasteiger partial charge in [0, 0.05) is 34.1 Å². The van der Waals surface area contributed by atoms with E-state index >= 15 is 0 Å². The van der Waals surface area contributed by atoms with E-state index in [-0.39, 0.29) is 0 Å². The second-order valence-corrected chi connectivity index (χ2v) is 5.13. The number of rotatable bonds is 1. The van der Waals surface area contributed by atoms with Gasteiger partial charge in [0.15, 0.2) is 0 Å². The van der Waals surface area contributed by atoms with Gasteiger partial charge in [-0.05, 0) is 12.1 Å². The number of nitrogens with one attached hydrogen (secondary N) is 1. The topological polar surface area (TPSA) is 80.5 Å². The van der Waals surface area contributed by atoms with Gasteiger partial charge < -0.3 is 10.7 Å². The SMILES string of the molecule is Nc1cc2c(cn1)[nH]c1ncc(-c3nccs3)cc12. The largest absolute Gasteiger partial charge is 0.384 e. The molecule has 0 amide bonds. The molecule has 0 unspecified atom stereocenters. The molecule has 0 aromatic carbocycles. The van der Waals surface area contributed by atoms with E-state index in [4.69, 9.17) is 5.73 Å². The molecule has 3 N–H and O–H groups in total. The van der Waals surface area contributed by atoms with Gasteiger partial charge >= 0.3 is 0 Å². The number of aromatic amines is 1. The Hall–Kier alpha value is -2.47. The first kappa shape index (κ1) is 10.5. The van der Waals surface area contributed by atoms with E-state index < -0.39 is 0 Å². The van der Waals surface area contributed by atoms with Crippen LogP contribution in [-0.2, 0) is 0 Å². The molecule has 6 heteroatoms. The van der Waals surface area contributed by atoms with Crippen LogP contribution in [0.15, 0.2) is 36.1 Å². The number of anilines is 1. The molecule has 92 valence electrons. The number of H-pyrrole nitrogens is 1. The molecule has 0 aliphatic rings. The Balaban J connectivity index is 2.06. The van der Waals surface area contributed by atoms with Crippen LogP contribution < -0.4 is 5.73 Å². The number of hydrogen-bond donors (Lipinski definition) is 2. The van der Waals surface area contributed by atoms with E-state index in [0.717, 1.165) is 32.5 Å². The Morgan fingerprint density at radius 3 is 2.84 bits per heavy atom. The fourth-order valence-corrected chi connectivity index (χ4v) is 2.79. The Morgan fingerprint density at radius 1 is 1.05 bits per heavy atom. The number of pyridine rings is 2. The van der Waals surface area contributed by atoms with Crippen LogP contribution in [0.25, 0.3) is 32.5 Å². The Bertz CT molecular complexity index is 879. The fourth-order valence-electron chi connectivity index (χ4n) is 2.17. The van der Waals surface area contributed by atoms with E-state index in [9.17, 15) is 0 Å². The molecule has 0 saturated carbocycles. The van der Waals surface area contributed by atoms with Gasteiger partial charge in [-0.25, -0.2) is 15.0 Å². The minimum absolute atomic E-state index is 0.507. The zero-order chi connectivity index (χ0) is 12.8. The number of nitrogens with zero attached hydrogens (tertiary/aromatic N) is 3. The van der Waals surface area contributed by atoms with Crippen molar-refractivity contribution in [1.82, 2.24) is 19.9 Å². The second-order valence-electron chi connectivity index (χ2n) is 4.24. The van der Waals surface area contributed by atoms with Crippen LogP contribution in [0.1, 0.15) is 0 Å².